The first kappa shape index (κ1) is 25.5. The van der Waals surface area contributed by atoms with Crippen LogP contribution >= 0.6 is 11.3 Å². The molecule has 0 spiro atoms. The average Bonchev–Trinajstić information content (AvgIpc) is 3.70. The first-order valence-corrected chi connectivity index (χ1v) is 16.2. The van der Waals surface area contributed by atoms with Crippen LogP contribution in [-0.2, 0) is 0 Å². The van der Waals surface area contributed by atoms with Gasteiger partial charge in [0, 0.05) is 36.7 Å². The molecule has 0 aliphatic carbocycles. The fourth-order valence-electron chi connectivity index (χ4n) is 6.85. The van der Waals surface area contributed by atoms with Gasteiger partial charge in [0.05, 0.1) is 0 Å². The molecule has 0 saturated carbocycles. The summed E-state index contributed by atoms with van der Waals surface area (Å²) in [6.07, 6.45) is 0. The van der Waals surface area contributed by atoms with Crippen molar-refractivity contribution >= 4 is 75.1 Å². The van der Waals surface area contributed by atoms with E-state index in [2.05, 4.69) is 127 Å². The summed E-state index contributed by atoms with van der Waals surface area (Å²) in [5.41, 5.74) is 7.56. The fourth-order valence-corrected chi connectivity index (χ4v) is 8.11. The predicted molar refractivity (Wildman–Crippen MR) is 194 cm³/mol. The second-order valence-corrected chi connectivity index (χ2v) is 12.8. The fraction of sp³-hybridized carbons (Fsp3) is 0. The van der Waals surface area contributed by atoms with E-state index < -0.39 is 0 Å². The Labute approximate surface area is 268 Å². The number of rotatable bonds is 3. The number of para-hydroxylation sites is 1. The molecule has 4 heteroatoms. The molecule has 0 aliphatic rings. The van der Waals surface area contributed by atoms with Gasteiger partial charge in [-0.25, -0.2) is 9.97 Å². The van der Waals surface area contributed by atoms with E-state index in [1.54, 1.807) is 0 Å². The maximum Gasteiger partial charge on any atom is 0.180 e. The number of hydrogen-bond acceptors (Lipinski definition) is 4. The highest BCUT2D eigenvalue weighted by Crippen LogP contribution is 2.45. The van der Waals surface area contributed by atoms with Crippen LogP contribution in [-0.4, -0.2) is 9.97 Å². The monoisotopic (exact) mass is 604 g/mol. The molecule has 10 aromatic rings. The van der Waals surface area contributed by atoms with Crippen molar-refractivity contribution in [1.29, 1.82) is 0 Å². The Balaban J connectivity index is 1.32. The summed E-state index contributed by atoms with van der Waals surface area (Å²) >= 11 is 1.84. The second-order valence-electron chi connectivity index (χ2n) is 11.8. The third-order valence-electron chi connectivity index (χ3n) is 9.05. The smallest absolute Gasteiger partial charge is 0.180 e. The summed E-state index contributed by atoms with van der Waals surface area (Å²) in [6.45, 7) is 0. The lowest BCUT2D eigenvalue weighted by Crippen LogP contribution is -1.95. The highest BCUT2D eigenvalue weighted by Gasteiger charge is 2.22. The summed E-state index contributed by atoms with van der Waals surface area (Å²) in [6, 6.07) is 51.4. The third kappa shape index (κ3) is 3.84. The molecule has 0 radical (unpaired) electrons. The Morgan fingerprint density at radius 3 is 2.15 bits per heavy atom. The molecule has 0 atom stereocenters. The topological polar surface area (TPSA) is 38.9 Å². The molecule has 0 amide bonds. The molecule has 0 N–H and O–H groups in total. The molecule has 0 bridgehead atoms. The molecule has 214 valence electrons. The van der Waals surface area contributed by atoms with Crippen LogP contribution in [0.5, 0.6) is 0 Å². The Kier molecular flexibility index (Phi) is 5.45. The van der Waals surface area contributed by atoms with Gasteiger partial charge in [-0.1, -0.05) is 109 Å². The SMILES string of the molecule is c1ccc(-c2ccc3c(c2)cc(-c2nc(-c4ccc5ccccc5c4)c4oc5ccccc5c4n2)c2c4ccccc4sc32)cc1. The summed E-state index contributed by atoms with van der Waals surface area (Å²) in [7, 11) is 0. The zero-order valence-corrected chi connectivity index (χ0v) is 25.4. The maximum absolute atomic E-state index is 6.50. The normalized spacial score (nSPS) is 11.9. The summed E-state index contributed by atoms with van der Waals surface area (Å²) in [4.78, 5) is 10.7. The van der Waals surface area contributed by atoms with Crippen molar-refractivity contribution in [2.24, 2.45) is 0 Å². The number of aromatic nitrogens is 2. The van der Waals surface area contributed by atoms with Gasteiger partial charge in [0.25, 0.3) is 0 Å². The van der Waals surface area contributed by atoms with E-state index in [0.717, 1.165) is 38.7 Å². The van der Waals surface area contributed by atoms with Crippen molar-refractivity contribution in [2.45, 2.75) is 0 Å². The lowest BCUT2D eigenvalue weighted by atomic mass is 9.96. The predicted octanol–water partition coefficient (Wildman–Crippen LogP) is 12.1. The first-order chi connectivity index (χ1) is 22.8. The van der Waals surface area contributed by atoms with Crippen molar-refractivity contribution in [3.8, 4) is 33.8 Å². The van der Waals surface area contributed by atoms with Crippen molar-refractivity contribution in [2.75, 3.05) is 0 Å². The standard InChI is InChI=1S/C42H24N2OS/c1-2-10-25(11-3-1)28-20-21-31-30(23-28)24-34(37-33-15-7-9-17-36(33)46-41(31)37)42-43-38(29-19-18-26-12-4-5-13-27(26)22-29)40-39(44-42)32-14-6-8-16-35(32)45-40/h1-24H. The van der Waals surface area contributed by atoms with Crippen LogP contribution in [0, 0.1) is 0 Å². The number of thiophene rings is 1. The summed E-state index contributed by atoms with van der Waals surface area (Å²) < 4.78 is 9.00. The van der Waals surface area contributed by atoms with Crippen molar-refractivity contribution in [1.82, 2.24) is 9.97 Å². The van der Waals surface area contributed by atoms with Crippen LogP contribution in [0.25, 0.3) is 97.6 Å². The third-order valence-corrected chi connectivity index (χ3v) is 10.3. The van der Waals surface area contributed by atoms with E-state index in [-0.39, 0.29) is 0 Å². The second kappa shape index (κ2) is 9.83. The first-order valence-electron chi connectivity index (χ1n) is 15.4. The highest BCUT2D eigenvalue weighted by atomic mass is 32.1. The largest absolute Gasteiger partial charge is 0.452 e. The van der Waals surface area contributed by atoms with Crippen LogP contribution in [0.1, 0.15) is 0 Å². The minimum atomic E-state index is 0.697. The number of hydrogen-bond donors (Lipinski definition) is 0. The number of furan rings is 1. The van der Waals surface area contributed by atoms with Gasteiger partial charge in [-0.2, -0.15) is 0 Å². The van der Waals surface area contributed by atoms with E-state index >= 15 is 0 Å². The zero-order chi connectivity index (χ0) is 30.2. The van der Waals surface area contributed by atoms with E-state index in [1.165, 1.54) is 47.5 Å². The molecule has 0 unspecified atom stereocenters. The number of nitrogens with zero attached hydrogens (tertiary/aromatic N) is 2. The van der Waals surface area contributed by atoms with Crippen LogP contribution in [0.15, 0.2) is 150 Å². The van der Waals surface area contributed by atoms with Crippen molar-refractivity contribution in [3.05, 3.63) is 146 Å². The molecule has 3 aromatic heterocycles. The number of benzene rings is 7. The van der Waals surface area contributed by atoms with Gasteiger partial charge in [0.2, 0.25) is 0 Å². The molecule has 0 aliphatic heterocycles. The zero-order valence-electron chi connectivity index (χ0n) is 24.6. The van der Waals surface area contributed by atoms with E-state index in [1.807, 2.05) is 29.5 Å². The van der Waals surface area contributed by atoms with Crippen molar-refractivity contribution in [3.63, 3.8) is 0 Å². The molecular formula is C42H24N2OS. The van der Waals surface area contributed by atoms with Gasteiger partial charge in [-0.05, 0) is 69.1 Å². The van der Waals surface area contributed by atoms with Crippen LogP contribution < -0.4 is 0 Å². The quantitative estimate of drug-likeness (QED) is 0.201. The Bertz CT molecular complexity index is 2810. The van der Waals surface area contributed by atoms with Gasteiger partial charge >= 0.3 is 0 Å². The minimum Gasteiger partial charge on any atom is -0.452 e. The van der Waals surface area contributed by atoms with Crippen LogP contribution in [0.2, 0.25) is 0 Å². The Morgan fingerprint density at radius 2 is 1.24 bits per heavy atom. The lowest BCUT2D eigenvalue weighted by Gasteiger charge is -2.11. The Morgan fingerprint density at radius 1 is 0.500 bits per heavy atom. The van der Waals surface area contributed by atoms with Crippen molar-refractivity contribution < 1.29 is 4.42 Å². The van der Waals surface area contributed by atoms with Gasteiger partial charge in [0.1, 0.15) is 16.8 Å². The van der Waals surface area contributed by atoms with E-state index in [0.29, 0.717) is 11.4 Å². The lowest BCUT2D eigenvalue weighted by molar-refractivity contribution is 0.667. The summed E-state index contributed by atoms with van der Waals surface area (Å²) in [5.74, 6) is 0.697. The summed E-state index contributed by atoms with van der Waals surface area (Å²) in [5, 5.41) is 8.16. The van der Waals surface area contributed by atoms with Crippen LogP contribution in [0.4, 0.5) is 0 Å². The average molecular weight is 605 g/mol. The van der Waals surface area contributed by atoms with Gasteiger partial charge in [-0.3, -0.25) is 0 Å². The van der Waals surface area contributed by atoms with Gasteiger partial charge < -0.3 is 4.42 Å². The molecule has 0 saturated heterocycles. The minimum absolute atomic E-state index is 0.697. The molecule has 3 heterocycles. The molecule has 7 aromatic carbocycles. The molecule has 10 rings (SSSR count). The number of fused-ring (bicyclic) bond motifs is 9. The highest BCUT2D eigenvalue weighted by molar-refractivity contribution is 7.26. The Hall–Kier alpha value is -5.84. The van der Waals surface area contributed by atoms with Gasteiger partial charge in [0.15, 0.2) is 11.4 Å². The molecule has 46 heavy (non-hydrogen) atoms. The molecular weight excluding hydrogens is 581 g/mol. The van der Waals surface area contributed by atoms with E-state index in [4.69, 9.17) is 14.4 Å². The molecule has 0 fully saturated rings. The van der Waals surface area contributed by atoms with Crippen LogP contribution in [0.3, 0.4) is 0 Å². The maximum atomic E-state index is 6.50. The van der Waals surface area contributed by atoms with E-state index in [9.17, 15) is 0 Å². The molecule has 3 nitrogen and oxygen atoms in total. The van der Waals surface area contributed by atoms with Gasteiger partial charge in [-0.15, -0.1) is 11.3 Å².